The molecule has 0 saturated carbocycles. The number of carboxylic acids is 2. The summed E-state index contributed by atoms with van der Waals surface area (Å²) in [5.41, 5.74) is -1.11. The van der Waals surface area contributed by atoms with Crippen LogP contribution in [0, 0.1) is 13.8 Å². The van der Waals surface area contributed by atoms with Gasteiger partial charge in [0, 0.05) is 0 Å². The van der Waals surface area contributed by atoms with Gasteiger partial charge < -0.3 is 10.2 Å². The first-order valence-electron chi connectivity index (χ1n) is 4.65. The molecule has 0 aliphatic rings. The van der Waals surface area contributed by atoms with Crippen molar-refractivity contribution < 1.29 is 32.8 Å². The monoisotopic (exact) mass is 314 g/mol. The van der Waals surface area contributed by atoms with E-state index in [-0.39, 0.29) is 56.9 Å². The predicted octanol–water partition coefficient (Wildman–Crippen LogP) is 0.298. The Morgan fingerprint density at radius 3 is 1.89 bits per heavy atom. The number of aryl methyl sites for hydroxylation is 1. The first-order valence-corrected chi connectivity index (χ1v) is 6.09. The zero-order chi connectivity index (χ0) is 14.2. The number of aromatic carboxylic acids is 2. The molecular formula is C10H11KO7S. The summed E-state index contributed by atoms with van der Waals surface area (Å²) in [4.78, 5) is 20.9. The van der Waals surface area contributed by atoms with Crippen LogP contribution in [0.25, 0.3) is 0 Å². The minimum absolute atomic E-state index is 0. The number of hydrogen-bond acceptors (Lipinski definition) is 4. The average molecular weight is 314 g/mol. The summed E-state index contributed by atoms with van der Waals surface area (Å²) in [5.74, 6) is -3.25. The van der Waals surface area contributed by atoms with E-state index >= 15 is 0 Å². The second kappa shape index (κ2) is 6.44. The molecular weight excluding hydrogens is 303 g/mol. The topological polar surface area (TPSA) is 129 Å². The van der Waals surface area contributed by atoms with Gasteiger partial charge in [-0.3, -0.25) is 4.55 Å². The number of carbonyl (C=O) groups is 2. The molecule has 0 atom stereocenters. The van der Waals surface area contributed by atoms with E-state index in [1.54, 1.807) is 0 Å². The van der Waals surface area contributed by atoms with Crippen molar-refractivity contribution in [2.75, 3.05) is 0 Å². The van der Waals surface area contributed by atoms with Gasteiger partial charge in [0.05, 0.1) is 11.1 Å². The molecule has 100 valence electrons. The van der Waals surface area contributed by atoms with Crippen LogP contribution in [0.5, 0.6) is 0 Å². The van der Waals surface area contributed by atoms with E-state index in [0.717, 1.165) is 6.07 Å². The second-order valence-corrected chi connectivity index (χ2v) is 5.01. The third kappa shape index (κ3) is 3.84. The Hall–Kier alpha value is -0.294. The van der Waals surface area contributed by atoms with Crippen LogP contribution in [0.1, 0.15) is 31.8 Å². The van der Waals surface area contributed by atoms with E-state index < -0.39 is 38.1 Å². The van der Waals surface area contributed by atoms with Crippen molar-refractivity contribution >= 4 is 73.4 Å². The van der Waals surface area contributed by atoms with Crippen molar-refractivity contribution in [3.05, 3.63) is 28.3 Å². The second-order valence-electron chi connectivity index (χ2n) is 3.66. The average Bonchev–Trinajstić information content (AvgIpc) is 2.18. The molecule has 7 nitrogen and oxygen atoms in total. The van der Waals surface area contributed by atoms with E-state index in [4.69, 9.17) is 14.8 Å². The molecule has 0 spiro atoms. The molecule has 9 heteroatoms. The summed E-state index contributed by atoms with van der Waals surface area (Å²) in [6.45, 7) is 2.78. The van der Waals surface area contributed by atoms with Crippen LogP contribution in [0.4, 0.5) is 0 Å². The zero-order valence-electron chi connectivity index (χ0n) is 9.46. The van der Waals surface area contributed by atoms with Crippen molar-refractivity contribution in [2.45, 2.75) is 18.7 Å². The normalized spacial score (nSPS) is 10.7. The Balaban J connectivity index is 0.00000324. The number of hydrogen-bond donors (Lipinski definition) is 3. The Morgan fingerprint density at radius 1 is 1.11 bits per heavy atom. The molecule has 1 aromatic rings. The quantitative estimate of drug-likeness (QED) is 0.540. The van der Waals surface area contributed by atoms with Gasteiger partial charge in [-0.05, 0) is 31.0 Å². The van der Waals surface area contributed by atoms with Gasteiger partial charge in [0.1, 0.15) is 4.90 Å². The van der Waals surface area contributed by atoms with Crippen molar-refractivity contribution in [1.29, 1.82) is 0 Å². The Kier molecular flexibility index (Phi) is 6.34. The van der Waals surface area contributed by atoms with Crippen LogP contribution in [0.15, 0.2) is 11.0 Å². The molecule has 0 aliphatic carbocycles. The van der Waals surface area contributed by atoms with Crippen LogP contribution < -0.4 is 0 Å². The molecule has 0 heterocycles. The van der Waals surface area contributed by atoms with E-state index in [1.807, 2.05) is 0 Å². The zero-order valence-corrected chi connectivity index (χ0v) is 10.3. The fraction of sp³-hybridized carbons (Fsp3) is 0.200. The van der Waals surface area contributed by atoms with Crippen LogP contribution in [-0.4, -0.2) is 86.5 Å². The van der Waals surface area contributed by atoms with Gasteiger partial charge in [0.25, 0.3) is 10.1 Å². The number of rotatable bonds is 3. The van der Waals surface area contributed by atoms with Gasteiger partial charge in [-0.1, -0.05) is 0 Å². The molecule has 3 N–H and O–H groups in total. The Labute approximate surface area is 151 Å². The van der Waals surface area contributed by atoms with Gasteiger partial charge in [0.15, 0.2) is 0 Å². The van der Waals surface area contributed by atoms with Crippen molar-refractivity contribution in [3.8, 4) is 0 Å². The Bertz CT molecular complexity index is 648. The van der Waals surface area contributed by atoms with Gasteiger partial charge in [0.2, 0.25) is 0 Å². The molecule has 1 aromatic carbocycles. The van der Waals surface area contributed by atoms with E-state index in [9.17, 15) is 18.0 Å². The molecule has 1 rings (SSSR count). The van der Waals surface area contributed by atoms with Gasteiger partial charge in [-0.2, -0.15) is 8.42 Å². The summed E-state index contributed by atoms with van der Waals surface area (Å²) >= 11 is 0. The molecule has 0 unspecified atom stereocenters. The fourth-order valence-electron chi connectivity index (χ4n) is 1.58. The maximum atomic E-state index is 11.2. The van der Waals surface area contributed by atoms with Crippen molar-refractivity contribution in [3.63, 3.8) is 0 Å². The SMILES string of the molecule is Cc1cc(C(=O)O)c(S(=O)(=O)O)c(C(=O)O)c1C.[KH]. The first-order chi connectivity index (χ1) is 8.07. The number of benzene rings is 1. The molecule has 0 amide bonds. The molecule has 0 aliphatic heterocycles. The van der Waals surface area contributed by atoms with E-state index in [0.29, 0.717) is 5.56 Å². The van der Waals surface area contributed by atoms with Gasteiger partial charge in [-0.15, -0.1) is 0 Å². The van der Waals surface area contributed by atoms with Crippen LogP contribution in [0.2, 0.25) is 0 Å². The minimum atomic E-state index is -4.96. The van der Waals surface area contributed by atoms with E-state index in [2.05, 4.69) is 0 Å². The van der Waals surface area contributed by atoms with Gasteiger partial charge >= 0.3 is 63.3 Å². The summed E-state index contributed by atoms with van der Waals surface area (Å²) in [7, 11) is -4.96. The summed E-state index contributed by atoms with van der Waals surface area (Å²) in [6.07, 6.45) is 0. The van der Waals surface area contributed by atoms with Crippen molar-refractivity contribution in [2.24, 2.45) is 0 Å². The summed E-state index contributed by atoms with van der Waals surface area (Å²) < 4.78 is 31.4. The molecule has 0 fully saturated rings. The maximum absolute atomic E-state index is 11.2. The van der Waals surface area contributed by atoms with Gasteiger partial charge in [-0.25, -0.2) is 9.59 Å². The molecule has 0 aromatic heterocycles. The third-order valence-corrected chi connectivity index (χ3v) is 3.44. The molecule has 0 saturated heterocycles. The van der Waals surface area contributed by atoms with E-state index in [1.165, 1.54) is 13.8 Å². The standard InChI is InChI=1S/C10H10O7S.K.H/c1-4-3-6(9(11)12)8(18(15,16)17)7(5(4)2)10(13)14;;/h3H,1-2H3,(H,11,12)(H,13,14)(H,15,16,17);;. The predicted molar refractivity (Wildman–Crippen MR) is 66.8 cm³/mol. The molecule has 0 bridgehead atoms. The first kappa shape index (κ1) is 18.7. The summed E-state index contributed by atoms with van der Waals surface area (Å²) in [5, 5.41) is 17.9. The van der Waals surface area contributed by atoms with Crippen LogP contribution >= 0.6 is 0 Å². The van der Waals surface area contributed by atoms with Crippen molar-refractivity contribution in [1.82, 2.24) is 0 Å². The Morgan fingerprint density at radius 2 is 1.58 bits per heavy atom. The van der Waals surface area contributed by atoms with Crippen LogP contribution in [0.3, 0.4) is 0 Å². The summed E-state index contributed by atoms with van der Waals surface area (Å²) in [6, 6.07) is 1.01. The molecule has 19 heavy (non-hydrogen) atoms. The third-order valence-electron chi connectivity index (χ3n) is 2.50. The fourth-order valence-corrected chi connectivity index (χ4v) is 2.50. The van der Waals surface area contributed by atoms with Crippen LogP contribution in [-0.2, 0) is 10.1 Å². The molecule has 0 radical (unpaired) electrons. The number of carboxylic acid groups (broad SMARTS) is 2.